The minimum atomic E-state index is -0.324. The highest BCUT2D eigenvalue weighted by Gasteiger charge is 2.41. The summed E-state index contributed by atoms with van der Waals surface area (Å²) in [5.74, 6) is 0. The first-order chi connectivity index (χ1) is 11.0. The zero-order chi connectivity index (χ0) is 16.4. The summed E-state index contributed by atoms with van der Waals surface area (Å²) in [6.07, 6.45) is 1.77. The van der Waals surface area contributed by atoms with Crippen molar-refractivity contribution in [3.8, 4) is 23.5 Å². The van der Waals surface area contributed by atoms with Gasteiger partial charge in [0.05, 0.1) is 22.9 Å². The number of hydrogen-bond donors (Lipinski definition) is 0. The molecule has 0 radical (unpaired) electrons. The Morgan fingerprint density at radius 2 is 2.04 bits per heavy atom. The zero-order valence-corrected chi connectivity index (χ0v) is 13.5. The van der Waals surface area contributed by atoms with Crippen LogP contribution >= 0.6 is 11.3 Å². The summed E-state index contributed by atoms with van der Waals surface area (Å²) in [6.45, 7) is 4.46. The third-order valence-electron chi connectivity index (χ3n) is 3.49. The highest BCUT2D eigenvalue weighted by atomic mass is 32.1. The van der Waals surface area contributed by atoms with Gasteiger partial charge in [0, 0.05) is 10.9 Å². The molecule has 0 amide bonds. The Hall–Kier alpha value is -2.90. The topological polar surface area (TPSA) is 85.3 Å². The summed E-state index contributed by atoms with van der Waals surface area (Å²) >= 11 is 1.46. The van der Waals surface area contributed by atoms with Gasteiger partial charge >= 0.3 is 6.02 Å². The standard InChI is InChI=1S/C16H13N5OS/c1-16(2)9-22-14(19-10-18)21(16)15-20-13(8-23-15)12-5-3-11(7-17)4-6-12/h3-6,8H,9H2,1-2H3. The zero-order valence-electron chi connectivity index (χ0n) is 12.6. The first kappa shape index (κ1) is 15.0. The molecule has 114 valence electrons. The lowest BCUT2D eigenvalue weighted by molar-refractivity contribution is 0.292. The molecular formula is C16H13N5OS. The van der Waals surface area contributed by atoms with E-state index in [1.807, 2.05) is 36.3 Å². The highest BCUT2D eigenvalue weighted by molar-refractivity contribution is 7.14. The number of thiazole rings is 1. The molecule has 0 bridgehead atoms. The van der Waals surface area contributed by atoms with Gasteiger partial charge in [0.25, 0.3) is 0 Å². The van der Waals surface area contributed by atoms with E-state index in [0.717, 1.165) is 16.4 Å². The SMILES string of the molecule is CC1(C)COC(=NC#N)N1c1nc(-c2ccc(C#N)cc2)cs1. The van der Waals surface area contributed by atoms with Crippen LogP contribution in [0.3, 0.4) is 0 Å². The normalized spacial score (nSPS) is 17.6. The van der Waals surface area contributed by atoms with E-state index in [2.05, 4.69) is 16.0 Å². The van der Waals surface area contributed by atoms with Gasteiger partial charge in [-0.1, -0.05) is 12.1 Å². The van der Waals surface area contributed by atoms with Crippen molar-refractivity contribution in [1.29, 1.82) is 10.5 Å². The predicted octanol–water partition coefficient (Wildman–Crippen LogP) is 3.13. The first-order valence-electron chi connectivity index (χ1n) is 6.91. The van der Waals surface area contributed by atoms with Crippen molar-refractivity contribution in [2.75, 3.05) is 11.5 Å². The van der Waals surface area contributed by atoms with E-state index >= 15 is 0 Å². The summed E-state index contributed by atoms with van der Waals surface area (Å²) in [6, 6.07) is 9.64. The van der Waals surface area contributed by atoms with Crippen LogP contribution in [0.15, 0.2) is 34.6 Å². The Labute approximate surface area is 137 Å². The van der Waals surface area contributed by atoms with E-state index in [1.54, 1.807) is 18.3 Å². The maximum Gasteiger partial charge on any atom is 0.309 e. The molecule has 1 aliphatic heterocycles. The second-order valence-corrected chi connectivity index (χ2v) is 6.47. The lowest BCUT2D eigenvalue weighted by atomic mass is 10.1. The van der Waals surface area contributed by atoms with Crippen LogP contribution in [0.25, 0.3) is 11.3 Å². The molecule has 0 atom stereocenters. The van der Waals surface area contributed by atoms with Crippen molar-refractivity contribution < 1.29 is 4.74 Å². The van der Waals surface area contributed by atoms with Crippen LogP contribution < -0.4 is 4.90 Å². The van der Waals surface area contributed by atoms with Crippen LogP contribution in [0, 0.1) is 22.8 Å². The Morgan fingerprint density at radius 1 is 1.30 bits per heavy atom. The van der Waals surface area contributed by atoms with Crippen LogP contribution in [0.1, 0.15) is 19.4 Å². The molecule has 1 aromatic heterocycles. The number of amidine groups is 1. The number of anilines is 1. The van der Waals surface area contributed by atoms with E-state index in [4.69, 9.17) is 15.3 Å². The molecule has 1 fully saturated rings. The van der Waals surface area contributed by atoms with Gasteiger partial charge in [0.1, 0.15) is 6.61 Å². The second kappa shape index (κ2) is 5.71. The molecular weight excluding hydrogens is 310 g/mol. The van der Waals surface area contributed by atoms with Crippen LogP contribution in [0.4, 0.5) is 5.13 Å². The summed E-state index contributed by atoms with van der Waals surface area (Å²) in [5.41, 5.74) is 2.04. The fourth-order valence-corrected chi connectivity index (χ4v) is 3.30. The van der Waals surface area contributed by atoms with Crippen LogP contribution in [-0.4, -0.2) is 23.2 Å². The first-order valence-corrected chi connectivity index (χ1v) is 7.79. The monoisotopic (exact) mass is 323 g/mol. The third kappa shape index (κ3) is 2.75. The molecule has 0 unspecified atom stereocenters. The average molecular weight is 323 g/mol. The molecule has 6 nitrogen and oxygen atoms in total. The van der Waals surface area contributed by atoms with Gasteiger partial charge in [-0.15, -0.1) is 16.3 Å². The molecule has 3 rings (SSSR count). The number of aliphatic imine (C=N–C) groups is 1. The van der Waals surface area contributed by atoms with E-state index < -0.39 is 0 Å². The van der Waals surface area contributed by atoms with Gasteiger partial charge in [-0.3, -0.25) is 4.90 Å². The second-order valence-electron chi connectivity index (χ2n) is 5.64. The number of rotatable bonds is 2. The third-order valence-corrected chi connectivity index (χ3v) is 4.32. The molecule has 1 aromatic carbocycles. The smallest absolute Gasteiger partial charge is 0.309 e. The molecule has 0 spiro atoms. The highest BCUT2D eigenvalue weighted by Crippen LogP contribution is 2.35. The minimum absolute atomic E-state index is 0.276. The molecule has 0 aliphatic carbocycles. The lowest BCUT2D eigenvalue weighted by Crippen LogP contribution is -2.42. The predicted molar refractivity (Wildman–Crippen MR) is 87.8 cm³/mol. The van der Waals surface area contributed by atoms with Gasteiger partial charge in [-0.25, -0.2) is 4.98 Å². The maximum absolute atomic E-state index is 8.86. The summed E-state index contributed by atoms with van der Waals surface area (Å²) < 4.78 is 5.50. The summed E-state index contributed by atoms with van der Waals surface area (Å²) in [5, 5.41) is 20.3. The number of benzene rings is 1. The van der Waals surface area contributed by atoms with Crippen molar-refractivity contribution >= 4 is 22.5 Å². The summed E-state index contributed by atoms with van der Waals surface area (Å²) in [4.78, 5) is 10.2. The molecule has 7 heteroatoms. The van der Waals surface area contributed by atoms with Crippen molar-refractivity contribution in [1.82, 2.24) is 4.98 Å². The van der Waals surface area contributed by atoms with E-state index in [9.17, 15) is 0 Å². The molecule has 0 saturated carbocycles. The lowest BCUT2D eigenvalue weighted by Gasteiger charge is -2.26. The maximum atomic E-state index is 8.86. The van der Waals surface area contributed by atoms with Gasteiger partial charge in [0.15, 0.2) is 5.13 Å². The fourth-order valence-electron chi connectivity index (χ4n) is 2.31. The number of hydrogen-bond acceptors (Lipinski definition) is 6. The molecule has 23 heavy (non-hydrogen) atoms. The molecule has 2 heterocycles. The Morgan fingerprint density at radius 3 is 2.70 bits per heavy atom. The largest absolute Gasteiger partial charge is 0.462 e. The Kier molecular flexibility index (Phi) is 3.73. The number of ether oxygens (including phenoxy) is 1. The van der Waals surface area contributed by atoms with E-state index in [-0.39, 0.29) is 11.6 Å². The van der Waals surface area contributed by atoms with Gasteiger partial charge in [0.2, 0.25) is 6.19 Å². The molecule has 2 aromatic rings. The molecule has 1 saturated heterocycles. The van der Waals surface area contributed by atoms with Gasteiger partial charge in [-0.2, -0.15) is 10.5 Å². The van der Waals surface area contributed by atoms with Gasteiger partial charge < -0.3 is 4.74 Å². The number of nitriles is 2. The van der Waals surface area contributed by atoms with Crippen molar-refractivity contribution in [2.24, 2.45) is 4.99 Å². The van der Waals surface area contributed by atoms with Crippen molar-refractivity contribution in [3.63, 3.8) is 0 Å². The van der Waals surface area contributed by atoms with Crippen molar-refractivity contribution in [3.05, 3.63) is 35.2 Å². The Bertz CT molecular complexity index is 839. The van der Waals surface area contributed by atoms with Gasteiger partial charge in [-0.05, 0) is 26.0 Å². The van der Waals surface area contributed by atoms with Crippen LogP contribution in [-0.2, 0) is 4.74 Å². The number of nitrogens with zero attached hydrogens (tertiary/aromatic N) is 5. The number of aromatic nitrogens is 1. The van der Waals surface area contributed by atoms with E-state index in [1.165, 1.54) is 11.3 Å². The average Bonchev–Trinajstić information content (AvgIpc) is 3.12. The summed E-state index contributed by atoms with van der Waals surface area (Å²) in [7, 11) is 0. The minimum Gasteiger partial charge on any atom is -0.462 e. The van der Waals surface area contributed by atoms with E-state index in [0.29, 0.717) is 12.2 Å². The molecule has 1 aliphatic rings. The Balaban J connectivity index is 1.96. The van der Waals surface area contributed by atoms with Crippen molar-refractivity contribution in [2.45, 2.75) is 19.4 Å². The fraction of sp³-hybridized carbons (Fsp3) is 0.250. The van der Waals surface area contributed by atoms with Crippen LogP contribution in [0.2, 0.25) is 0 Å². The quantitative estimate of drug-likeness (QED) is 0.793. The van der Waals surface area contributed by atoms with Crippen LogP contribution in [0.5, 0.6) is 0 Å². The molecule has 0 N–H and O–H groups in total.